The van der Waals surface area contributed by atoms with Crippen LogP contribution in [0.3, 0.4) is 0 Å². The fraction of sp³-hybridized carbons (Fsp3) is 0.538. The molecule has 1 aromatic rings. The summed E-state index contributed by atoms with van der Waals surface area (Å²) in [6, 6.07) is 4.26. The normalized spacial score (nSPS) is 19.3. The van der Waals surface area contributed by atoms with E-state index in [1.54, 1.807) is 0 Å². The first kappa shape index (κ1) is 12.1. The zero-order valence-corrected chi connectivity index (χ0v) is 11.4. The molecule has 0 saturated heterocycles. The van der Waals surface area contributed by atoms with Crippen molar-refractivity contribution >= 4 is 28.9 Å². The molecule has 1 fully saturated rings. The minimum atomic E-state index is 0.431. The Labute approximate surface area is 107 Å². The van der Waals surface area contributed by atoms with Crippen LogP contribution in [-0.2, 0) is 0 Å². The average Bonchev–Trinajstić information content (AvgIpc) is 2.94. The molecule has 0 aliphatic heterocycles. The maximum absolute atomic E-state index is 6.19. The predicted molar refractivity (Wildman–Crippen MR) is 71.6 cm³/mol. The number of anilines is 1. The molecule has 0 bridgehead atoms. The van der Waals surface area contributed by atoms with Gasteiger partial charge in [-0.2, -0.15) is 0 Å². The molecule has 0 aromatic heterocycles. The van der Waals surface area contributed by atoms with Crippen LogP contribution in [0.15, 0.2) is 12.1 Å². The molecule has 0 radical (unpaired) electrons. The Bertz CT molecular complexity index is 411. The third-order valence-electron chi connectivity index (χ3n) is 3.70. The zero-order valence-electron chi connectivity index (χ0n) is 9.90. The van der Waals surface area contributed by atoms with E-state index in [0.717, 1.165) is 21.3 Å². The molecule has 0 amide bonds. The van der Waals surface area contributed by atoms with Crippen LogP contribution in [0.4, 0.5) is 5.69 Å². The fourth-order valence-corrected chi connectivity index (χ4v) is 2.23. The topological polar surface area (TPSA) is 12.0 Å². The van der Waals surface area contributed by atoms with Crippen molar-refractivity contribution in [1.82, 2.24) is 0 Å². The van der Waals surface area contributed by atoms with Gasteiger partial charge in [0, 0.05) is 11.1 Å². The van der Waals surface area contributed by atoms with E-state index in [9.17, 15) is 0 Å². The lowest BCUT2D eigenvalue weighted by molar-refractivity contribution is 0.493. The quantitative estimate of drug-likeness (QED) is 0.812. The Balaban J connectivity index is 2.18. The van der Waals surface area contributed by atoms with Gasteiger partial charge in [-0.05, 0) is 49.8 Å². The molecular weight excluding hydrogens is 241 g/mol. The van der Waals surface area contributed by atoms with Crippen molar-refractivity contribution in [3.05, 3.63) is 27.7 Å². The van der Waals surface area contributed by atoms with Gasteiger partial charge in [-0.1, -0.05) is 30.1 Å². The minimum Gasteiger partial charge on any atom is -0.381 e. The Hall–Kier alpha value is -0.400. The number of benzene rings is 1. The van der Waals surface area contributed by atoms with Crippen LogP contribution in [0.25, 0.3) is 0 Å². The Morgan fingerprint density at radius 2 is 1.88 bits per heavy atom. The molecule has 1 aliphatic carbocycles. The monoisotopic (exact) mass is 257 g/mol. The molecule has 1 unspecified atom stereocenters. The summed E-state index contributed by atoms with van der Waals surface area (Å²) in [5.74, 6) is 0. The second-order valence-corrected chi connectivity index (χ2v) is 5.92. The SMILES string of the molecule is Cc1cc(Cl)c(NC(C)C2(C)CC2)cc1Cl. The second-order valence-electron chi connectivity index (χ2n) is 5.10. The minimum absolute atomic E-state index is 0.431. The van der Waals surface area contributed by atoms with E-state index < -0.39 is 0 Å². The van der Waals surface area contributed by atoms with Crippen molar-refractivity contribution in [1.29, 1.82) is 0 Å². The average molecular weight is 258 g/mol. The molecule has 0 heterocycles. The van der Waals surface area contributed by atoms with Gasteiger partial charge < -0.3 is 5.32 Å². The van der Waals surface area contributed by atoms with Crippen LogP contribution in [0, 0.1) is 12.3 Å². The molecule has 1 saturated carbocycles. The van der Waals surface area contributed by atoms with Crippen LogP contribution >= 0.6 is 23.2 Å². The summed E-state index contributed by atoms with van der Waals surface area (Å²) < 4.78 is 0. The van der Waals surface area contributed by atoms with Crippen molar-refractivity contribution in [2.75, 3.05) is 5.32 Å². The highest BCUT2D eigenvalue weighted by molar-refractivity contribution is 6.35. The maximum Gasteiger partial charge on any atom is 0.0641 e. The van der Waals surface area contributed by atoms with Gasteiger partial charge in [-0.25, -0.2) is 0 Å². The summed E-state index contributed by atoms with van der Waals surface area (Å²) in [6.07, 6.45) is 2.58. The molecule has 16 heavy (non-hydrogen) atoms. The predicted octanol–water partition coefficient (Wildman–Crippen LogP) is 4.90. The number of halogens is 2. The van der Waals surface area contributed by atoms with Crippen LogP contribution in [0.1, 0.15) is 32.3 Å². The third kappa shape index (κ3) is 2.31. The van der Waals surface area contributed by atoms with Crippen molar-refractivity contribution in [2.45, 2.75) is 39.7 Å². The highest BCUT2D eigenvalue weighted by atomic mass is 35.5. The Morgan fingerprint density at radius 3 is 2.44 bits per heavy atom. The molecule has 88 valence electrons. The lowest BCUT2D eigenvalue weighted by Gasteiger charge is -2.22. The largest absolute Gasteiger partial charge is 0.381 e. The molecule has 1 aromatic carbocycles. The maximum atomic E-state index is 6.19. The molecule has 1 atom stereocenters. The molecule has 2 rings (SSSR count). The first-order valence-electron chi connectivity index (χ1n) is 5.64. The molecular formula is C13H17Cl2N. The van der Waals surface area contributed by atoms with E-state index in [4.69, 9.17) is 23.2 Å². The summed E-state index contributed by atoms with van der Waals surface area (Å²) in [6.45, 7) is 6.47. The number of hydrogen-bond donors (Lipinski definition) is 1. The first-order valence-corrected chi connectivity index (χ1v) is 6.40. The van der Waals surface area contributed by atoms with E-state index in [1.807, 2.05) is 19.1 Å². The standard InChI is InChI=1S/C13H17Cl2N/c1-8-6-11(15)12(7-10(8)14)16-9(2)13(3)4-5-13/h6-7,9,16H,4-5H2,1-3H3. The molecule has 1 N–H and O–H groups in total. The zero-order chi connectivity index (χ0) is 11.9. The Kier molecular flexibility index (Phi) is 3.11. The van der Waals surface area contributed by atoms with Crippen LogP contribution < -0.4 is 5.32 Å². The molecule has 0 spiro atoms. The van der Waals surface area contributed by atoms with E-state index in [-0.39, 0.29) is 0 Å². The summed E-state index contributed by atoms with van der Waals surface area (Å²) in [5, 5.41) is 4.98. The van der Waals surface area contributed by atoms with Crippen molar-refractivity contribution in [2.24, 2.45) is 5.41 Å². The lowest BCUT2D eigenvalue weighted by Crippen LogP contribution is -2.25. The molecule has 1 aliphatic rings. The highest BCUT2D eigenvalue weighted by Crippen LogP contribution is 2.49. The molecule has 3 heteroatoms. The van der Waals surface area contributed by atoms with Gasteiger partial charge in [0.2, 0.25) is 0 Å². The first-order chi connectivity index (χ1) is 7.42. The van der Waals surface area contributed by atoms with Gasteiger partial charge in [0.15, 0.2) is 0 Å². The van der Waals surface area contributed by atoms with Gasteiger partial charge >= 0.3 is 0 Å². The number of hydrogen-bond acceptors (Lipinski definition) is 1. The summed E-state index contributed by atoms with van der Waals surface area (Å²) in [4.78, 5) is 0. The summed E-state index contributed by atoms with van der Waals surface area (Å²) in [5.41, 5.74) is 2.39. The third-order valence-corrected chi connectivity index (χ3v) is 4.42. The lowest BCUT2D eigenvalue weighted by atomic mass is 10.0. The van der Waals surface area contributed by atoms with Gasteiger partial charge in [0.05, 0.1) is 10.7 Å². The van der Waals surface area contributed by atoms with E-state index >= 15 is 0 Å². The second kappa shape index (κ2) is 4.12. The van der Waals surface area contributed by atoms with Crippen molar-refractivity contribution in [3.63, 3.8) is 0 Å². The van der Waals surface area contributed by atoms with Crippen molar-refractivity contribution in [3.8, 4) is 0 Å². The fourth-order valence-electron chi connectivity index (χ4n) is 1.79. The van der Waals surface area contributed by atoms with E-state index in [0.29, 0.717) is 11.5 Å². The van der Waals surface area contributed by atoms with E-state index in [1.165, 1.54) is 12.8 Å². The number of aryl methyl sites for hydroxylation is 1. The summed E-state index contributed by atoms with van der Waals surface area (Å²) >= 11 is 12.3. The highest BCUT2D eigenvalue weighted by Gasteiger charge is 2.42. The van der Waals surface area contributed by atoms with Gasteiger partial charge in [-0.3, -0.25) is 0 Å². The van der Waals surface area contributed by atoms with Crippen LogP contribution in [-0.4, -0.2) is 6.04 Å². The number of rotatable bonds is 3. The van der Waals surface area contributed by atoms with Gasteiger partial charge in [0.25, 0.3) is 0 Å². The Morgan fingerprint density at radius 1 is 1.25 bits per heavy atom. The van der Waals surface area contributed by atoms with Gasteiger partial charge in [0.1, 0.15) is 0 Å². The summed E-state index contributed by atoms with van der Waals surface area (Å²) in [7, 11) is 0. The van der Waals surface area contributed by atoms with Crippen LogP contribution in [0.2, 0.25) is 10.0 Å². The number of nitrogens with one attached hydrogen (secondary N) is 1. The van der Waals surface area contributed by atoms with Gasteiger partial charge in [-0.15, -0.1) is 0 Å². The van der Waals surface area contributed by atoms with E-state index in [2.05, 4.69) is 19.2 Å². The molecule has 1 nitrogen and oxygen atoms in total. The van der Waals surface area contributed by atoms with Crippen LogP contribution in [0.5, 0.6) is 0 Å². The smallest absolute Gasteiger partial charge is 0.0641 e. The van der Waals surface area contributed by atoms with Crippen molar-refractivity contribution < 1.29 is 0 Å².